The SMILES string of the molecule is CCN(CC)S(=O)(=O)c1ccc(Cl)c(NC(=O)COC(=O)c2c3c(nc4ccccc24)CC[C@H](C)C3)c1. The summed E-state index contributed by atoms with van der Waals surface area (Å²) in [6.45, 7) is 5.70. The summed E-state index contributed by atoms with van der Waals surface area (Å²) in [5, 5.41) is 3.43. The minimum Gasteiger partial charge on any atom is -0.452 e. The average Bonchev–Trinajstić information content (AvgIpc) is 2.87. The van der Waals surface area contributed by atoms with Crippen molar-refractivity contribution in [3.63, 3.8) is 0 Å². The van der Waals surface area contributed by atoms with E-state index >= 15 is 0 Å². The Bertz CT molecular complexity index is 1450. The van der Waals surface area contributed by atoms with Crippen LogP contribution in [0.5, 0.6) is 0 Å². The smallest absolute Gasteiger partial charge is 0.339 e. The van der Waals surface area contributed by atoms with Crippen molar-refractivity contribution in [1.29, 1.82) is 0 Å². The lowest BCUT2D eigenvalue weighted by Gasteiger charge is -2.24. The Hall–Kier alpha value is -3.01. The zero-order valence-electron chi connectivity index (χ0n) is 21.1. The number of ether oxygens (including phenoxy) is 1. The van der Waals surface area contributed by atoms with Gasteiger partial charge in [0.05, 0.1) is 26.7 Å². The van der Waals surface area contributed by atoms with Crippen LogP contribution in [-0.4, -0.2) is 49.3 Å². The van der Waals surface area contributed by atoms with Gasteiger partial charge in [0.25, 0.3) is 5.91 Å². The first-order chi connectivity index (χ1) is 17.6. The third kappa shape index (κ3) is 5.63. The van der Waals surface area contributed by atoms with Crippen LogP contribution in [0, 0.1) is 5.92 Å². The van der Waals surface area contributed by atoms with Gasteiger partial charge < -0.3 is 10.1 Å². The van der Waals surface area contributed by atoms with Crippen LogP contribution >= 0.6 is 11.6 Å². The summed E-state index contributed by atoms with van der Waals surface area (Å²) >= 11 is 6.22. The molecule has 0 unspecified atom stereocenters. The minimum absolute atomic E-state index is 0.0110. The molecule has 1 amide bonds. The van der Waals surface area contributed by atoms with E-state index in [1.165, 1.54) is 22.5 Å². The van der Waals surface area contributed by atoms with E-state index in [4.69, 9.17) is 21.3 Å². The first-order valence-electron chi connectivity index (χ1n) is 12.3. The number of anilines is 1. The molecule has 3 aromatic rings. The van der Waals surface area contributed by atoms with Crippen LogP contribution in [0.2, 0.25) is 5.02 Å². The summed E-state index contributed by atoms with van der Waals surface area (Å²) in [6, 6.07) is 11.5. The van der Waals surface area contributed by atoms with Crippen LogP contribution in [0.25, 0.3) is 10.9 Å². The number of para-hydroxylation sites is 1. The lowest BCUT2D eigenvalue weighted by molar-refractivity contribution is -0.119. The molecular formula is C27H30ClN3O5S. The van der Waals surface area contributed by atoms with Crippen molar-refractivity contribution < 1.29 is 22.7 Å². The van der Waals surface area contributed by atoms with Crippen molar-refractivity contribution in [2.24, 2.45) is 5.92 Å². The van der Waals surface area contributed by atoms with E-state index in [1.807, 2.05) is 24.3 Å². The topological polar surface area (TPSA) is 106 Å². The standard InChI is InChI=1S/C27H30ClN3O5S/c1-4-31(5-2)37(34,35)18-11-12-21(28)24(15-18)30-25(32)16-36-27(33)26-19-8-6-7-9-22(19)29-23-13-10-17(3)14-20(23)26/h6-9,11-12,15,17H,4-5,10,13-14,16H2,1-3H3,(H,30,32)/t17-/m0/s1. The van der Waals surface area contributed by atoms with E-state index < -0.39 is 28.5 Å². The number of fused-ring (bicyclic) bond motifs is 2. The molecule has 4 rings (SSSR count). The van der Waals surface area contributed by atoms with E-state index in [0.717, 1.165) is 24.1 Å². The van der Waals surface area contributed by atoms with Crippen LogP contribution in [0.3, 0.4) is 0 Å². The molecule has 0 fully saturated rings. The lowest BCUT2D eigenvalue weighted by Crippen LogP contribution is -2.30. The summed E-state index contributed by atoms with van der Waals surface area (Å²) in [7, 11) is -3.74. The number of sulfonamides is 1. The Morgan fingerprint density at radius 2 is 1.89 bits per heavy atom. The molecular weight excluding hydrogens is 514 g/mol. The van der Waals surface area contributed by atoms with Crippen LogP contribution in [0.1, 0.15) is 48.8 Å². The average molecular weight is 544 g/mol. The summed E-state index contributed by atoms with van der Waals surface area (Å²) in [5.74, 6) is -0.816. The Kier molecular flexibility index (Phi) is 8.16. The predicted molar refractivity (Wildman–Crippen MR) is 143 cm³/mol. The largest absolute Gasteiger partial charge is 0.452 e. The second-order valence-electron chi connectivity index (χ2n) is 9.13. The molecule has 0 bridgehead atoms. The normalized spacial score (nSPS) is 15.4. The molecule has 0 spiro atoms. The van der Waals surface area contributed by atoms with Gasteiger partial charge in [-0.05, 0) is 55.0 Å². The Labute approximate surface area is 222 Å². The second-order valence-corrected chi connectivity index (χ2v) is 11.5. The molecule has 2 aromatic carbocycles. The molecule has 1 aliphatic rings. The van der Waals surface area contributed by atoms with Crippen molar-refractivity contribution in [1.82, 2.24) is 9.29 Å². The van der Waals surface area contributed by atoms with Gasteiger partial charge in [-0.25, -0.2) is 13.2 Å². The molecule has 1 heterocycles. The summed E-state index contributed by atoms with van der Waals surface area (Å²) < 4.78 is 32.5. The number of carbonyl (C=O) groups is 2. The van der Waals surface area contributed by atoms with Gasteiger partial charge >= 0.3 is 5.97 Å². The number of nitrogens with one attached hydrogen (secondary N) is 1. The van der Waals surface area contributed by atoms with Crippen molar-refractivity contribution in [2.45, 2.75) is 44.9 Å². The molecule has 0 saturated heterocycles. The number of benzene rings is 2. The molecule has 196 valence electrons. The van der Waals surface area contributed by atoms with E-state index in [-0.39, 0.29) is 15.6 Å². The fourth-order valence-electron chi connectivity index (χ4n) is 4.66. The maximum atomic E-state index is 13.2. The van der Waals surface area contributed by atoms with E-state index in [1.54, 1.807) is 13.8 Å². The van der Waals surface area contributed by atoms with Gasteiger partial charge in [-0.2, -0.15) is 4.31 Å². The van der Waals surface area contributed by atoms with Crippen LogP contribution in [0.15, 0.2) is 47.4 Å². The van der Waals surface area contributed by atoms with Gasteiger partial charge in [-0.3, -0.25) is 9.78 Å². The summed E-state index contributed by atoms with van der Waals surface area (Å²) in [4.78, 5) is 30.7. The molecule has 1 aliphatic carbocycles. The molecule has 37 heavy (non-hydrogen) atoms. The Morgan fingerprint density at radius 3 is 2.62 bits per heavy atom. The monoisotopic (exact) mass is 543 g/mol. The molecule has 1 atom stereocenters. The van der Waals surface area contributed by atoms with Crippen molar-refractivity contribution in [3.8, 4) is 0 Å². The molecule has 1 N–H and O–H groups in total. The van der Waals surface area contributed by atoms with Gasteiger partial charge in [-0.1, -0.05) is 50.6 Å². The molecule has 0 radical (unpaired) electrons. The predicted octanol–water partition coefficient (Wildman–Crippen LogP) is 4.84. The fourth-order valence-corrected chi connectivity index (χ4v) is 6.31. The summed E-state index contributed by atoms with van der Waals surface area (Å²) in [6.07, 6.45) is 2.50. The van der Waals surface area contributed by atoms with Crippen molar-refractivity contribution in [2.75, 3.05) is 25.0 Å². The molecule has 8 nitrogen and oxygen atoms in total. The number of carbonyl (C=O) groups excluding carboxylic acids is 2. The molecule has 10 heteroatoms. The highest BCUT2D eigenvalue weighted by Crippen LogP contribution is 2.32. The van der Waals surface area contributed by atoms with Crippen molar-refractivity contribution >= 4 is 50.1 Å². The van der Waals surface area contributed by atoms with Crippen LogP contribution in [0.4, 0.5) is 5.69 Å². The number of halogens is 1. The number of nitrogens with zero attached hydrogens (tertiary/aromatic N) is 2. The summed E-state index contributed by atoms with van der Waals surface area (Å²) in [5.41, 5.74) is 3.05. The number of hydrogen-bond donors (Lipinski definition) is 1. The zero-order chi connectivity index (χ0) is 26.7. The molecule has 1 aromatic heterocycles. The fraction of sp³-hybridized carbons (Fsp3) is 0.370. The van der Waals surface area contributed by atoms with Crippen molar-refractivity contribution in [3.05, 3.63) is 64.3 Å². The molecule has 0 aliphatic heterocycles. The maximum Gasteiger partial charge on any atom is 0.339 e. The zero-order valence-corrected chi connectivity index (χ0v) is 22.7. The van der Waals surface area contributed by atoms with Gasteiger partial charge in [0.2, 0.25) is 10.0 Å². The number of esters is 1. The minimum atomic E-state index is -3.74. The Morgan fingerprint density at radius 1 is 1.16 bits per heavy atom. The molecule has 0 saturated carbocycles. The van der Waals surface area contributed by atoms with Crippen LogP contribution in [-0.2, 0) is 32.4 Å². The Balaban J connectivity index is 1.53. The quantitative estimate of drug-likeness (QED) is 0.408. The first-order valence-corrected chi connectivity index (χ1v) is 14.1. The highest BCUT2D eigenvalue weighted by molar-refractivity contribution is 7.89. The maximum absolute atomic E-state index is 13.2. The number of aryl methyl sites for hydroxylation is 1. The van der Waals surface area contributed by atoms with Gasteiger partial charge in [0.1, 0.15) is 0 Å². The number of aromatic nitrogens is 1. The van der Waals surface area contributed by atoms with Gasteiger partial charge in [0.15, 0.2) is 6.61 Å². The third-order valence-corrected chi connectivity index (χ3v) is 8.97. The number of rotatable bonds is 8. The third-order valence-electron chi connectivity index (χ3n) is 6.60. The van der Waals surface area contributed by atoms with E-state index in [0.29, 0.717) is 41.9 Å². The highest BCUT2D eigenvalue weighted by atomic mass is 35.5. The first kappa shape index (κ1) is 27.0. The van der Waals surface area contributed by atoms with Gasteiger partial charge in [0, 0.05) is 24.2 Å². The van der Waals surface area contributed by atoms with Gasteiger partial charge in [-0.15, -0.1) is 0 Å². The number of pyridine rings is 1. The second kappa shape index (κ2) is 11.2. The van der Waals surface area contributed by atoms with E-state index in [2.05, 4.69) is 12.2 Å². The number of hydrogen-bond acceptors (Lipinski definition) is 6. The number of amides is 1. The van der Waals surface area contributed by atoms with Crippen LogP contribution < -0.4 is 5.32 Å². The lowest BCUT2D eigenvalue weighted by atomic mass is 9.84. The van der Waals surface area contributed by atoms with E-state index in [9.17, 15) is 18.0 Å². The highest BCUT2D eigenvalue weighted by Gasteiger charge is 2.27.